The third-order valence-electron chi connectivity index (χ3n) is 12.5. The molecule has 1 saturated carbocycles. The average molecular weight is 813 g/mol. The van der Waals surface area contributed by atoms with Gasteiger partial charge in [0.25, 0.3) is 0 Å². The van der Waals surface area contributed by atoms with E-state index in [4.69, 9.17) is 24.4 Å². The number of hydrogen-bond acceptors (Lipinski definition) is 5. The molecule has 6 heteroatoms. The fraction of sp³-hybridized carbons (Fsp3) is 0.0877. The van der Waals surface area contributed by atoms with Crippen LogP contribution in [0.15, 0.2) is 199 Å². The summed E-state index contributed by atoms with van der Waals surface area (Å²) >= 11 is 0. The van der Waals surface area contributed by atoms with Crippen LogP contribution in [0.5, 0.6) is 0 Å². The van der Waals surface area contributed by atoms with Crippen molar-refractivity contribution in [1.29, 1.82) is 0 Å². The van der Waals surface area contributed by atoms with E-state index in [9.17, 15) is 1.37 Å². The Kier molecular flexibility index (Phi) is 8.80. The van der Waals surface area contributed by atoms with Gasteiger partial charge in [-0.1, -0.05) is 183 Å². The maximum atomic E-state index is 9.94. The smallest absolute Gasteiger partial charge is 0.307 e. The summed E-state index contributed by atoms with van der Waals surface area (Å²) in [7, 11) is 0. The van der Waals surface area contributed by atoms with Crippen LogP contribution in [0, 0.1) is 0 Å². The molecule has 12 rings (SSSR count). The van der Waals surface area contributed by atoms with Gasteiger partial charge in [0.2, 0.25) is 0 Å². The van der Waals surface area contributed by atoms with Crippen LogP contribution in [0.2, 0.25) is 0 Å². The first kappa shape index (κ1) is 35.8. The second kappa shape index (κ2) is 15.5. The van der Waals surface area contributed by atoms with E-state index in [1.54, 1.807) is 6.33 Å². The Morgan fingerprint density at radius 2 is 0.857 bits per heavy atom. The van der Waals surface area contributed by atoms with Gasteiger partial charge in [-0.15, -0.1) is 0 Å². The second-order valence-corrected chi connectivity index (χ2v) is 16.2. The number of hydrogen-bond donors (Lipinski definition) is 0. The molecular formula is C57H41N5O. The molecule has 1 aliphatic carbocycles. The van der Waals surface area contributed by atoms with Gasteiger partial charge >= 0.3 is 5.84 Å². The van der Waals surface area contributed by atoms with Gasteiger partial charge in [-0.3, -0.25) is 4.40 Å². The summed E-state index contributed by atoms with van der Waals surface area (Å²) in [5.41, 5.74) is 16.3. The number of fused-ring (bicyclic) bond motifs is 5. The zero-order valence-electron chi connectivity index (χ0n) is 35.4. The highest BCUT2D eigenvalue weighted by molar-refractivity contribution is 6.14. The molecule has 3 aromatic heterocycles. The van der Waals surface area contributed by atoms with Gasteiger partial charge in [0.15, 0.2) is 17.2 Å². The summed E-state index contributed by atoms with van der Waals surface area (Å²) in [6, 6.07) is 65.6. The van der Waals surface area contributed by atoms with Crippen molar-refractivity contribution in [2.24, 2.45) is 0 Å². The fourth-order valence-corrected chi connectivity index (χ4v) is 9.81. The Labute approximate surface area is 366 Å². The van der Waals surface area contributed by atoms with E-state index in [-0.39, 0.29) is 0 Å². The molecule has 0 spiro atoms. The van der Waals surface area contributed by atoms with Gasteiger partial charge in [-0.05, 0) is 87.0 Å². The Morgan fingerprint density at radius 3 is 1.35 bits per heavy atom. The quantitative estimate of drug-likeness (QED) is 0.153. The number of imidazole rings is 1. The van der Waals surface area contributed by atoms with E-state index < -0.39 is 5.89 Å². The first-order chi connectivity index (χ1) is 31.6. The molecule has 0 radical (unpaired) electrons. The number of para-hydroxylation sites is 2. The highest BCUT2D eigenvalue weighted by Gasteiger charge is 2.32. The molecule has 1 aliphatic rings. The highest BCUT2D eigenvalue weighted by atomic mass is 16.4. The molecule has 0 aliphatic heterocycles. The average Bonchev–Trinajstić information content (AvgIpc) is 4.08. The molecule has 0 saturated heterocycles. The minimum Gasteiger partial charge on any atom is -0.422 e. The van der Waals surface area contributed by atoms with Gasteiger partial charge in [0, 0.05) is 18.1 Å². The van der Waals surface area contributed by atoms with Crippen molar-refractivity contribution in [2.45, 2.75) is 31.6 Å². The van der Waals surface area contributed by atoms with Crippen LogP contribution in [0.3, 0.4) is 0 Å². The first-order valence-electron chi connectivity index (χ1n) is 22.2. The lowest BCUT2D eigenvalue weighted by atomic mass is 9.75. The van der Waals surface area contributed by atoms with Crippen LogP contribution in [-0.4, -0.2) is 24.3 Å². The molecule has 0 atom stereocenters. The van der Waals surface area contributed by atoms with E-state index in [0.29, 0.717) is 28.6 Å². The molecule has 3 heterocycles. The second-order valence-electron chi connectivity index (χ2n) is 16.2. The van der Waals surface area contributed by atoms with Crippen LogP contribution < -0.4 is 0 Å². The van der Waals surface area contributed by atoms with E-state index >= 15 is 0 Å². The van der Waals surface area contributed by atoms with Crippen molar-refractivity contribution < 1.29 is 5.79 Å². The molecule has 0 bridgehead atoms. The summed E-state index contributed by atoms with van der Waals surface area (Å²) < 4.78 is 18.8. The Bertz CT molecular complexity index is 3390. The van der Waals surface area contributed by atoms with Crippen LogP contribution in [0.25, 0.3) is 106 Å². The van der Waals surface area contributed by atoms with Gasteiger partial charge in [-0.25, -0.2) is 15.0 Å². The van der Waals surface area contributed by atoms with E-state index in [1.807, 2.05) is 18.2 Å². The van der Waals surface area contributed by atoms with Crippen molar-refractivity contribution in [2.75, 3.05) is 0 Å². The Balaban J connectivity index is 1.25. The van der Waals surface area contributed by atoms with Gasteiger partial charge < -0.3 is 4.42 Å². The number of nitrogens with zero attached hydrogens (tertiary/aromatic N) is 5. The molecule has 6 nitrogen and oxygen atoms in total. The molecule has 0 N–H and O–H groups in total. The number of benzene rings is 8. The zero-order valence-corrected chi connectivity index (χ0v) is 34.4. The van der Waals surface area contributed by atoms with Crippen LogP contribution in [0.1, 0.15) is 38.5 Å². The number of aromatic nitrogens is 5. The molecule has 11 aromatic rings. The predicted octanol–water partition coefficient (Wildman–Crippen LogP) is 14.7. The Morgan fingerprint density at radius 1 is 0.429 bits per heavy atom. The van der Waals surface area contributed by atoms with Crippen molar-refractivity contribution in [3.63, 3.8) is 0 Å². The molecule has 8 aromatic carbocycles. The van der Waals surface area contributed by atoms with Gasteiger partial charge in [-0.2, -0.15) is 4.98 Å². The van der Waals surface area contributed by atoms with Crippen molar-refractivity contribution >= 4 is 28.0 Å². The molecule has 63 heavy (non-hydrogen) atoms. The summed E-state index contributed by atoms with van der Waals surface area (Å²) in [5.74, 6) is 0.629. The number of oxazole rings is 1. The molecule has 1 fully saturated rings. The molecule has 0 unspecified atom stereocenters. The lowest BCUT2D eigenvalue weighted by molar-refractivity contribution is 0.641. The SMILES string of the molecule is [2H]C1(c2ccc3c(oc4nc5ccccc5n43)c2-c2ncnc(-c3c(-c4ccccc4)c(-c4ccccc4)c(-c4ccccc4)c(-c4ccccc4)c3-c3ccccc3)n2)CCCC1. The third kappa shape index (κ3) is 6.25. The maximum Gasteiger partial charge on any atom is 0.307 e. The van der Waals surface area contributed by atoms with Crippen molar-refractivity contribution in [3.8, 4) is 78.4 Å². The first-order valence-corrected chi connectivity index (χ1v) is 21.7. The Hall–Kier alpha value is -7.96. The topological polar surface area (TPSA) is 69.1 Å². The van der Waals surface area contributed by atoms with Crippen LogP contribution in [-0.2, 0) is 0 Å². The minimum absolute atomic E-state index is 0.457. The predicted molar refractivity (Wildman–Crippen MR) is 255 cm³/mol. The maximum absolute atomic E-state index is 9.94. The summed E-state index contributed by atoms with van der Waals surface area (Å²) in [6.45, 7) is 0. The lowest BCUT2D eigenvalue weighted by Crippen LogP contribution is -2.06. The fourth-order valence-electron chi connectivity index (χ4n) is 9.81. The minimum atomic E-state index is -0.837. The van der Waals surface area contributed by atoms with Crippen molar-refractivity contribution in [1.82, 2.24) is 24.3 Å². The zero-order chi connectivity index (χ0) is 42.6. The van der Waals surface area contributed by atoms with Crippen molar-refractivity contribution in [3.05, 3.63) is 200 Å². The van der Waals surface area contributed by atoms with Crippen LogP contribution >= 0.6 is 0 Å². The number of rotatable bonds is 8. The van der Waals surface area contributed by atoms with E-state index in [2.05, 4.69) is 174 Å². The van der Waals surface area contributed by atoms with Gasteiger partial charge in [0.1, 0.15) is 6.33 Å². The monoisotopic (exact) mass is 812 g/mol. The normalized spacial score (nSPS) is 13.8. The largest absolute Gasteiger partial charge is 0.422 e. The third-order valence-corrected chi connectivity index (χ3v) is 12.5. The lowest BCUT2D eigenvalue weighted by Gasteiger charge is -2.28. The highest BCUT2D eigenvalue weighted by Crippen LogP contribution is 2.55. The molecular weight excluding hydrogens is 771 g/mol. The summed E-state index contributed by atoms with van der Waals surface area (Å²) in [4.78, 5) is 20.6. The van der Waals surface area contributed by atoms with E-state index in [1.165, 1.54) is 0 Å². The van der Waals surface area contributed by atoms with Gasteiger partial charge in [0.05, 0.1) is 22.1 Å². The van der Waals surface area contributed by atoms with Crippen LogP contribution in [0.4, 0.5) is 0 Å². The summed E-state index contributed by atoms with van der Waals surface area (Å²) in [5, 5.41) is 0. The van der Waals surface area contributed by atoms with E-state index in [0.717, 1.165) is 109 Å². The summed E-state index contributed by atoms with van der Waals surface area (Å²) in [6.07, 6.45) is 5.07. The molecule has 0 amide bonds. The molecule has 300 valence electrons. The standard InChI is InChI=1S/C57H41N5O/c1-6-22-38(23-7-1)47-48(39-24-8-2-9-25-39)50(41-28-12-4-13-29-41)53(51(42-30-14-5-15-31-42)49(47)40-26-10-3-11-27-40)56-59-36-58-55(61-56)52-43(37-20-16-17-21-37)34-35-46-54(52)63-57-60-44-32-18-19-33-45(44)62(46)57/h1-15,18-19,22-37H,16-17,20-21H2/i37D.